The highest BCUT2D eigenvalue weighted by molar-refractivity contribution is 6.01. The molecule has 0 aliphatic carbocycles. The number of carbonyl (C=O) groups excluding carboxylic acids is 2. The Morgan fingerprint density at radius 1 is 1.21 bits per heavy atom. The summed E-state index contributed by atoms with van der Waals surface area (Å²) in [5.41, 5.74) is 2.78. The van der Waals surface area contributed by atoms with Crippen LogP contribution in [0.1, 0.15) is 39.4 Å². The molecule has 1 aromatic carbocycles. The van der Waals surface area contributed by atoms with Crippen molar-refractivity contribution in [1.82, 2.24) is 20.4 Å². The molecule has 7 nitrogen and oxygen atoms in total. The van der Waals surface area contributed by atoms with Crippen LogP contribution in [0.15, 0.2) is 53.1 Å². The monoisotopic (exact) mass is 378 g/mol. The van der Waals surface area contributed by atoms with E-state index in [-0.39, 0.29) is 17.9 Å². The molecule has 1 aliphatic heterocycles. The van der Waals surface area contributed by atoms with E-state index in [0.717, 1.165) is 24.1 Å². The first-order valence-electron chi connectivity index (χ1n) is 9.37. The van der Waals surface area contributed by atoms with Gasteiger partial charge in [0.1, 0.15) is 5.69 Å². The van der Waals surface area contributed by atoms with Gasteiger partial charge >= 0.3 is 0 Å². The van der Waals surface area contributed by atoms with Crippen molar-refractivity contribution in [2.24, 2.45) is 0 Å². The summed E-state index contributed by atoms with van der Waals surface area (Å²) in [6.07, 6.45) is 3.14. The van der Waals surface area contributed by atoms with Gasteiger partial charge in [-0.05, 0) is 31.9 Å². The molecule has 3 heterocycles. The molecule has 2 N–H and O–H groups in total. The minimum absolute atomic E-state index is 0.113. The number of furan rings is 1. The van der Waals surface area contributed by atoms with Crippen LogP contribution in [0.5, 0.6) is 0 Å². The Labute approximate surface area is 162 Å². The summed E-state index contributed by atoms with van der Waals surface area (Å²) >= 11 is 0. The summed E-state index contributed by atoms with van der Waals surface area (Å²) in [7, 11) is 0. The third-order valence-electron chi connectivity index (χ3n) is 5.00. The average molecular weight is 378 g/mol. The Kier molecular flexibility index (Phi) is 4.97. The first-order chi connectivity index (χ1) is 13.6. The molecular formula is C21H22N4O3. The van der Waals surface area contributed by atoms with E-state index >= 15 is 0 Å². The summed E-state index contributed by atoms with van der Waals surface area (Å²) in [5, 5.41) is 10.3. The van der Waals surface area contributed by atoms with Gasteiger partial charge in [-0.25, -0.2) is 0 Å². The van der Waals surface area contributed by atoms with Crippen molar-refractivity contribution in [3.8, 4) is 11.3 Å². The van der Waals surface area contributed by atoms with Crippen LogP contribution >= 0.6 is 0 Å². The molecule has 1 atom stereocenters. The third-order valence-corrected chi connectivity index (χ3v) is 5.00. The van der Waals surface area contributed by atoms with Crippen LogP contribution in [-0.2, 0) is 0 Å². The van der Waals surface area contributed by atoms with Gasteiger partial charge in [-0.3, -0.25) is 14.7 Å². The Hall–Kier alpha value is -3.35. The van der Waals surface area contributed by atoms with Crippen LogP contribution < -0.4 is 5.32 Å². The summed E-state index contributed by atoms with van der Waals surface area (Å²) < 4.78 is 5.21. The summed E-state index contributed by atoms with van der Waals surface area (Å²) in [5.74, 6) is -0.000153. The van der Waals surface area contributed by atoms with E-state index in [0.29, 0.717) is 30.1 Å². The maximum atomic E-state index is 13.0. The van der Waals surface area contributed by atoms with Crippen LogP contribution in [0.4, 0.5) is 0 Å². The number of H-pyrrole nitrogens is 1. The Bertz CT molecular complexity index is 963. The second-order valence-corrected chi connectivity index (χ2v) is 6.98. The molecular weight excluding hydrogens is 356 g/mol. The number of benzene rings is 1. The molecule has 0 spiro atoms. The van der Waals surface area contributed by atoms with Crippen LogP contribution in [0.25, 0.3) is 11.3 Å². The van der Waals surface area contributed by atoms with Gasteiger partial charge in [0.15, 0.2) is 5.76 Å². The molecule has 0 bridgehead atoms. The normalized spacial score (nSPS) is 16.8. The van der Waals surface area contributed by atoms with E-state index in [1.165, 1.54) is 6.26 Å². The van der Waals surface area contributed by atoms with Crippen LogP contribution in [0, 0.1) is 6.92 Å². The smallest absolute Gasteiger partial charge is 0.289 e. The van der Waals surface area contributed by atoms with Crippen molar-refractivity contribution in [3.05, 3.63) is 65.7 Å². The molecule has 1 fully saturated rings. The lowest BCUT2D eigenvalue weighted by atomic mass is 10.0. The van der Waals surface area contributed by atoms with Gasteiger partial charge in [0.05, 0.1) is 11.8 Å². The van der Waals surface area contributed by atoms with Gasteiger partial charge in [-0.15, -0.1) is 0 Å². The highest BCUT2D eigenvalue weighted by atomic mass is 16.3. The topological polar surface area (TPSA) is 91.2 Å². The number of nitrogens with one attached hydrogen (secondary N) is 2. The number of aryl methyl sites for hydroxylation is 1. The number of nitrogens with zero attached hydrogens (tertiary/aromatic N) is 2. The van der Waals surface area contributed by atoms with Crippen molar-refractivity contribution in [3.63, 3.8) is 0 Å². The minimum atomic E-state index is -0.178. The highest BCUT2D eigenvalue weighted by Gasteiger charge is 2.28. The zero-order valence-electron chi connectivity index (χ0n) is 15.6. The minimum Gasteiger partial charge on any atom is -0.459 e. The van der Waals surface area contributed by atoms with Gasteiger partial charge in [0.25, 0.3) is 11.8 Å². The van der Waals surface area contributed by atoms with Crippen LogP contribution in [0.3, 0.4) is 0 Å². The fourth-order valence-electron chi connectivity index (χ4n) is 3.60. The lowest BCUT2D eigenvalue weighted by Crippen LogP contribution is -2.49. The fourth-order valence-corrected chi connectivity index (χ4v) is 3.60. The van der Waals surface area contributed by atoms with E-state index in [1.807, 2.05) is 37.3 Å². The second-order valence-electron chi connectivity index (χ2n) is 6.98. The molecule has 2 aromatic heterocycles. The van der Waals surface area contributed by atoms with Crippen molar-refractivity contribution >= 4 is 11.8 Å². The van der Waals surface area contributed by atoms with E-state index in [1.54, 1.807) is 17.0 Å². The molecule has 2 amide bonds. The SMILES string of the molecule is Cc1[nH]nc(-c2ccccc2)c1C(=O)NC1CCCN(C(=O)c2ccco2)C1. The van der Waals surface area contributed by atoms with Crippen LogP contribution in [-0.4, -0.2) is 46.0 Å². The van der Waals surface area contributed by atoms with Crippen molar-refractivity contribution in [1.29, 1.82) is 0 Å². The standard InChI is InChI=1S/C21H22N4O3/c1-14-18(19(24-23-14)15-7-3-2-4-8-15)20(26)22-16-9-5-11-25(13-16)21(27)17-10-6-12-28-17/h2-4,6-8,10,12,16H,5,9,11,13H2,1H3,(H,22,26)(H,23,24). The van der Waals surface area contributed by atoms with Crippen molar-refractivity contribution in [2.75, 3.05) is 13.1 Å². The second kappa shape index (κ2) is 7.72. The molecule has 1 aliphatic rings. The predicted octanol–water partition coefficient (Wildman–Crippen LogP) is 3.01. The number of hydrogen-bond acceptors (Lipinski definition) is 4. The quantitative estimate of drug-likeness (QED) is 0.730. The van der Waals surface area contributed by atoms with Gasteiger partial charge in [0.2, 0.25) is 0 Å². The molecule has 0 radical (unpaired) electrons. The number of hydrogen-bond donors (Lipinski definition) is 2. The highest BCUT2D eigenvalue weighted by Crippen LogP contribution is 2.24. The average Bonchev–Trinajstić information content (AvgIpc) is 3.38. The van der Waals surface area contributed by atoms with Gasteiger partial charge in [-0.2, -0.15) is 5.10 Å². The number of aromatic nitrogens is 2. The number of likely N-dealkylation sites (tertiary alicyclic amines) is 1. The number of carbonyl (C=O) groups is 2. The summed E-state index contributed by atoms with van der Waals surface area (Å²) in [4.78, 5) is 27.2. The zero-order valence-corrected chi connectivity index (χ0v) is 15.6. The Balaban J connectivity index is 1.48. The first kappa shape index (κ1) is 18.0. The number of aromatic amines is 1. The maximum absolute atomic E-state index is 13.0. The molecule has 144 valence electrons. The van der Waals surface area contributed by atoms with E-state index in [9.17, 15) is 9.59 Å². The van der Waals surface area contributed by atoms with Gasteiger partial charge in [-0.1, -0.05) is 30.3 Å². The summed E-state index contributed by atoms with van der Waals surface area (Å²) in [6, 6.07) is 12.9. The van der Waals surface area contributed by atoms with Crippen molar-refractivity contribution < 1.29 is 14.0 Å². The van der Waals surface area contributed by atoms with Crippen LogP contribution in [0.2, 0.25) is 0 Å². The van der Waals surface area contributed by atoms with Gasteiger partial charge in [0, 0.05) is 30.4 Å². The maximum Gasteiger partial charge on any atom is 0.289 e. The van der Waals surface area contributed by atoms with Gasteiger partial charge < -0.3 is 14.6 Å². The Morgan fingerprint density at radius 3 is 2.79 bits per heavy atom. The predicted molar refractivity (Wildman–Crippen MR) is 104 cm³/mol. The van der Waals surface area contributed by atoms with E-state index in [2.05, 4.69) is 15.5 Å². The Morgan fingerprint density at radius 2 is 2.04 bits per heavy atom. The first-order valence-corrected chi connectivity index (χ1v) is 9.37. The molecule has 1 saturated heterocycles. The van der Waals surface area contributed by atoms with E-state index < -0.39 is 0 Å². The number of rotatable bonds is 4. The zero-order chi connectivity index (χ0) is 19.5. The van der Waals surface area contributed by atoms with Crippen molar-refractivity contribution in [2.45, 2.75) is 25.8 Å². The molecule has 0 saturated carbocycles. The molecule has 28 heavy (non-hydrogen) atoms. The number of piperidine rings is 1. The van der Waals surface area contributed by atoms with E-state index in [4.69, 9.17) is 4.42 Å². The third kappa shape index (κ3) is 3.55. The lowest BCUT2D eigenvalue weighted by Gasteiger charge is -2.32. The lowest BCUT2D eigenvalue weighted by molar-refractivity contribution is 0.0647. The molecule has 7 heteroatoms. The fraction of sp³-hybridized carbons (Fsp3) is 0.286. The largest absolute Gasteiger partial charge is 0.459 e. The molecule has 3 aromatic rings. The molecule has 1 unspecified atom stereocenters. The summed E-state index contributed by atoms with van der Waals surface area (Å²) in [6.45, 7) is 2.96. The number of amides is 2. The molecule has 4 rings (SSSR count).